The molecule has 0 bridgehead atoms. The van der Waals surface area contributed by atoms with Crippen molar-refractivity contribution < 1.29 is 13.7 Å². The van der Waals surface area contributed by atoms with Crippen LogP contribution < -0.4 is 10.3 Å². The average Bonchev–Trinajstić information content (AvgIpc) is 2.98. The maximum atomic E-state index is 13.6. The standard InChI is InChI=1S/C20H19FN2O3/c1-2-12-3-5-13(6-4-12)15-9-16(10-15)25-17-8-7-14(11-22-17)19-18(21)20(24)23-26-19/h3-8,11,15-16H,2,9-10H2,1H3,(H,23,24). The Morgan fingerprint density at radius 1 is 1.23 bits per heavy atom. The summed E-state index contributed by atoms with van der Waals surface area (Å²) in [6.07, 6.45) is 4.52. The molecule has 1 N–H and O–H groups in total. The molecule has 0 radical (unpaired) electrons. The molecule has 2 aromatic heterocycles. The van der Waals surface area contributed by atoms with E-state index in [1.807, 2.05) is 5.16 Å². The molecule has 6 heteroatoms. The average molecular weight is 354 g/mol. The van der Waals surface area contributed by atoms with Crippen molar-refractivity contribution in [3.63, 3.8) is 0 Å². The SMILES string of the molecule is CCc1ccc(C2CC(Oc3ccc(-c4o[nH]c(=O)c4F)cn3)C2)cc1. The van der Waals surface area contributed by atoms with Crippen molar-refractivity contribution in [1.29, 1.82) is 0 Å². The first kappa shape index (κ1) is 16.6. The third kappa shape index (κ3) is 3.14. The molecular formula is C20H19FN2O3. The summed E-state index contributed by atoms with van der Waals surface area (Å²) in [5.74, 6) is -0.0880. The van der Waals surface area contributed by atoms with Crippen LogP contribution in [0.15, 0.2) is 51.9 Å². The molecule has 5 nitrogen and oxygen atoms in total. The molecule has 4 rings (SSSR count). The molecule has 1 aliphatic carbocycles. The summed E-state index contributed by atoms with van der Waals surface area (Å²) < 4.78 is 24.3. The molecule has 3 aromatic rings. The minimum Gasteiger partial charge on any atom is -0.474 e. The van der Waals surface area contributed by atoms with E-state index in [2.05, 4.69) is 36.2 Å². The van der Waals surface area contributed by atoms with Gasteiger partial charge in [-0.2, -0.15) is 9.55 Å². The number of hydrogen-bond donors (Lipinski definition) is 1. The van der Waals surface area contributed by atoms with Crippen molar-refractivity contribution in [1.82, 2.24) is 10.1 Å². The summed E-state index contributed by atoms with van der Waals surface area (Å²) >= 11 is 0. The molecular weight excluding hydrogens is 335 g/mol. The number of nitrogens with zero attached hydrogens (tertiary/aromatic N) is 1. The van der Waals surface area contributed by atoms with Gasteiger partial charge in [0.05, 0.1) is 0 Å². The van der Waals surface area contributed by atoms with Gasteiger partial charge in [-0.25, -0.2) is 4.98 Å². The van der Waals surface area contributed by atoms with Crippen LogP contribution in [-0.2, 0) is 6.42 Å². The fraction of sp³-hybridized carbons (Fsp3) is 0.300. The Morgan fingerprint density at radius 3 is 2.58 bits per heavy atom. The highest BCUT2D eigenvalue weighted by molar-refractivity contribution is 5.56. The van der Waals surface area contributed by atoms with Crippen LogP contribution in [0.3, 0.4) is 0 Å². The molecule has 2 heterocycles. The lowest BCUT2D eigenvalue weighted by Crippen LogP contribution is -2.32. The summed E-state index contributed by atoms with van der Waals surface area (Å²) in [5.41, 5.74) is 2.20. The summed E-state index contributed by atoms with van der Waals surface area (Å²) in [6, 6.07) is 12.0. The van der Waals surface area contributed by atoms with E-state index in [4.69, 9.17) is 9.26 Å². The summed E-state index contributed by atoms with van der Waals surface area (Å²) in [5, 5.41) is 1.96. The highest BCUT2D eigenvalue weighted by Crippen LogP contribution is 2.39. The summed E-state index contributed by atoms with van der Waals surface area (Å²) in [7, 11) is 0. The number of benzene rings is 1. The van der Waals surface area contributed by atoms with Crippen LogP contribution in [0, 0.1) is 5.82 Å². The van der Waals surface area contributed by atoms with E-state index in [1.165, 1.54) is 17.3 Å². The second-order valence-electron chi connectivity index (χ2n) is 6.56. The highest BCUT2D eigenvalue weighted by atomic mass is 19.1. The van der Waals surface area contributed by atoms with Gasteiger partial charge in [-0.3, -0.25) is 4.79 Å². The van der Waals surface area contributed by atoms with Gasteiger partial charge in [-0.1, -0.05) is 31.2 Å². The Bertz CT molecular complexity index is 938. The van der Waals surface area contributed by atoms with Gasteiger partial charge in [-0.05, 0) is 42.4 Å². The molecule has 1 fully saturated rings. The van der Waals surface area contributed by atoms with E-state index in [9.17, 15) is 9.18 Å². The number of nitrogens with one attached hydrogen (secondary N) is 1. The van der Waals surface area contributed by atoms with Crippen LogP contribution in [0.2, 0.25) is 0 Å². The first-order valence-corrected chi connectivity index (χ1v) is 8.73. The first-order chi connectivity index (χ1) is 12.6. The smallest absolute Gasteiger partial charge is 0.316 e. The molecule has 0 unspecified atom stereocenters. The second-order valence-corrected chi connectivity index (χ2v) is 6.56. The molecule has 1 aliphatic rings. The Balaban J connectivity index is 1.35. The van der Waals surface area contributed by atoms with E-state index in [-0.39, 0.29) is 11.9 Å². The normalized spacial score (nSPS) is 19.2. The molecule has 134 valence electrons. The molecule has 26 heavy (non-hydrogen) atoms. The van der Waals surface area contributed by atoms with Gasteiger partial charge in [-0.15, -0.1) is 0 Å². The Morgan fingerprint density at radius 2 is 2.00 bits per heavy atom. The van der Waals surface area contributed by atoms with Crippen LogP contribution in [-0.4, -0.2) is 16.2 Å². The van der Waals surface area contributed by atoms with Gasteiger partial charge in [0.2, 0.25) is 17.5 Å². The Hall–Kier alpha value is -2.89. The predicted octanol–water partition coefficient (Wildman–Crippen LogP) is 4.06. The van der Waals surface area contributed by atoms with Crippen molar-refractivity contribution in [2.75, 3.05) is 0 Å². The van der Waals surface area contributed by atoms with E-state index in [0.717, 1.165) is 19.3 Å². The summed E-state index contributed by atoms with van der Waals surface area (Å²) in [4.78, 5) is 15.3. The lowest BCUT2D eigenvalue weighted by Gasteiger charge is -2.35. The number of aromatic amines is 1. The van der Waals surface area contributed by atoms with Crippen LogP contribution in [0.4, 0.5) is 4.39 Å². The van der Waals surface area contributed by atoms with Crippen LogP contribution >= 0.6 is 0 Å². The Kier molecular flexibility index (Phi) is 4.32. The van der Waals surface area contributed by atoms with Crippen molar-refractivity contribution in [2.24, 2.45) is 0 Å². The summed E-state index contributed by atoms with van der Waals surface area (Å²) in [6.45, 7) is 2.15. The lowest BCUT2D eigenvalue weighted by atomic mass is 9.77. The number of aryl methyl sites for hydroxylation is 1. The topological polar surface area (TPSA) is 68.1 Å². The lowest BCUT2D eigenvalue weighted by molar-refractivity contribution is 0.0936. The van der Waals surface area contributed by atoms with Gasteiger partial charge >= 0.3 is 5.56 Å². The Labute approximate surface area is 149 Å². The maximum Gasteiger partial charge on any atom is 0.316 e. The van der Waals surface area contributed by atoms with Crippen molar-refractivity contribution in [2.45, 2.75) is 38.2 Å². The second kappa shape index (κ2) is 6.78. The van der Waals surface area contributed by atoms with Crippen molar-refractivity contribution in [3.05, 3.63) is 69.9 Å². The van der Waals surface area contributed by atoms with E-state index < -0.39 is 11.4 Å². The number of ether oxygens (including phenoxy) is 1. The van der Waals surface area contributed by atoms with E-state index >= 15 is 0 Å². The zero-order valence-corrected chi connectivity index (χ0v) is 14.4. The fourth-order valence-corrected chi connectivity index (χ4v) is 3.19. The predicted molar refractivity (Wildman–Crippen MR) is 94.7 cm³/mol. The third-order valence-electron chi connectivity index (χ3n) is 4.88. The minimum absolute atomic E-state index is 0.131. The number of H-pyrrole nitrogens is 1. The van der Waals surface area contributed by atoms with Crippen molar-refractivity contribution in [3.8, 4) is 17.2 Å². The van der Waals surface area contributed by atoms with Gasteiger partial charge in [0.15, 0.2) is 0 Å². The van der Waals surface area contributed by atoms with Gasteiger partial charge in [0.1, 0.15) is 6.10 Å². The maximum absolute atomic E-state index is 13.6. The van der Waals surface area contributed by atoms with Gasteiger partial charge < -0.3 is 9.26 Å². The molecule has 0 saturated heterocycles. The number of hydrogen-bond acceptors (Lipinski definition) is 4. The van der Waals surface area contributed by atoms with Gasteiger partial charge in [0.25, 0.3) is 0 Å². The third-order valence-corrected chi connectivity index (χ3v) is 4.88. The largest absolute Gasteiger partial charge is 0.474 e. The van der Waals surface area contributed by atoms with Crippen LogP contribution in [0.25, 0.3) is 11.3 Å². The van der Waals surface area contributed by atoms with Crippen LogP contribution in [0.1, 0.15) is 36.8 Å². The number of rotatable bonds is 5. The van der Waals surface area contributed by atoms with Crippen molar-refractivity contribution >= 4 is 0 Å². The first-order valence-electron chi connectivity index (χ1n) is 8.73. The van der Waals surface area contributed by atoms with E-state index in [1.54, 1.807) is 12.1 Å². The number of pyridine rings is 1. The number of halogens is 1. The molecule has 0 spiro atoms. The molecule has 0 aliphatic heterocycles. The molecule has 1 aromatic carbocycles. The molecule has 0 amide bonds. The quantitative estimate of drug-likeness (QED) is 0.750. The molecule has 0 atom stereocenters. The highest BCUT2D eigenvalue weighted by Gasteiger charge is 2.32. The number of aromatic nitrogens is 2. The molecule has 1 saturated carbocycles. The van der Waals surface area contributed by atoms with Crippen LogP contribution in [0.5, 0.6) is 5.88 Å². The zero-order chi connectivity index (χ0) is 18.1. The van der Waals surface area contributed by atoms with Gasteiger partial charge in [0, 0.05) is 17.8 Å². The zero-order valence-electron chi connectivity index (χ0n) is 14.4. The van der Waals surface area contributed by atoms with E-state index in [0.29, 0.717) is 17.4 Å². The fourth-order valence-electron chi connectivity index (χ4n) is 3.19. The minimum atomic E-state index is -0.948. The monoisotopic (exact) mass is 354 g/mol.